The van der Waals surface area contributed by atoms with Crippen molar-refractivity contribution >= 4 is 5.78 Å². The van der Waals surface area contributed by atoms with Crippen LogP contribution in [-0.4, -0.2) is 30.8 Å². The van der Waals surface area contributed by atoms with Crippen LogP contribution >= 0.6 is 0 Å². The Morgan fingerprint density at radius 2 is 1.67 bits per heavy atom. The van der Waals surface area contributed by atoms with Crippen molar-refractivity contribution in [1.82, 2.24) is 4.90 Å². The molecule has 1 atom stereocenters. The fraction of sp³-hybridized carbons (Fsp3) is 0.812. The van der Waals surface area contributed by atoms with E-state index in [1.165, 1.54) is 0 Å². The number of ketones is 1. The topological polar surface area (TPSA) is 20.3 Å². The first kappa shape index (κ1) is 17.2. The lowest BCUT2D eigenvalue weighted by atomic mass is 10.1. The molecule has 0 radical (unpaired) electrons. The summed E-state index contributed by atoms with van der Waals surface area (Å²) >= 11 is 0. The average molecular weight is 251 g/mol. The molecule has 0 aromatic carbocycles. The second-order valence-electron chi connectivity index (χ2n) is 5.81. The van der Waals surface area contributed by atoms with E-state index in [0.717, 1.165) is 19.5 Å². The molecule has 0 N–H and O–H groups in total. The highest BCUT2D eigenvalue weighted by Crippen LogP contribution is 2.04. The van der Waals surface area contributed by atoms with Gasteiger partial charge in [-0.15, -0.1) is 5.92 Å². The predicted molar refractivity (Wildman–Crippen MR) is 78.4 cm³/mol. The summed E-state index contributed by atoms with van der Waals surface area (Å²) < 4.78 is 0. The first-order chi connectivity index (χ1) is 8.32. The standard InChI is InChI=1S/C16H29NO/c1-13(2)7-8-15(5)9-11-17(6)12-10-16(18)14(3)4/h13-15H,9-12H2,1-6H3. The predicted octanol–water partition coefficient (Wildman–Crippen LogP) is 3.22. The summed E-state index contributed by atoms with van der Waals surface area (Å²) in [5.41, 5.74) is 0. The quantitative estimate of drug-likeness (QED) is 0.648. The molecule has 0 fully saturated rings. The first-order valence-corrected chi connectivity index (χ1v) is 7.05. The zero-order valence-corrected chi connectivity index (χ0v) is 12.9. The van der Waals surface area contributed by atoms with E-state index in [-0.39, 0.29) is 5.92 Å². The second-order valence-corrected chi connectivity index (χ2v) is 5.81. The van der Waals surface area contributed by atoms with Gasteiger partial charge in [-0.3, -0.25) is 4.79 Å². The van der Waals surface area contributed by atoms with Crippen molar-refractivity contribution in [2.45, 2.75) is 47.5 Å². The van der Waals surface area contributed by atoms with Crippen LogP contribution in [0.2, 0.25) is 0 Å². The number of rotatable bonds is 7. The molecule has 0 saturated carbocycles. The molecule has 0 aliphatic carbocycles. The van der Waals surface area contributed by atoms with Gasteiger partial charge in [0.15, 0.2) is 0 Å². The fourth-order valence-electron chi connectivity index (χ4n) is 1.50. The number of hydrogen-bond acceptors (Lipinski definition) is 2. The summed E-state index contributed by atoms with van der Waals surface area (Å²) in [6.45, 7) is 12.2. The smallest absolute Gasteiger partial charge is 0.136 e. The highest BCUT2D eigenvalue weighted by Gasteiger charge is 2.09. The van der Waals surface area contributed by atoms with E-state index in [2.05, 4.69) is 44.6 Å². The summed E-state index contributed by atoms with van der Waals surface area (Å²) in [6, 6.07) is 0. The van der Waals surface area contributed by atoms with E-state index in [0.29, 0.717) is 24.0 Å². The molecule has 0 aliphatic rings. The second kappa shape index (κ2) is 9.16. The molecule has 2 nitrogen and oxygen atoms in total. The van der Waals surface area contributed by atoms with Crippen LogP contribution in [0.1, 0.15) is 47.5 Å². The maximum absolute atomic E-state index is 11.5. The molecule has 0 rings (SSSR count). The third kappa shape index (κ3) is 9.24. The largest absolute Gasteiger partial charge is 0.306 e. The van der Waals surface area contributed by atoms with E-state index >= 15 is 0 Å². The van der Waals surface area contributed by atoms with Crippen molar-refractivity contribution in [1.29, 1.82) is 0 Å². The SMILES string of the molecule is CC(C)C#CC(C)CCN(C)CCC(=O)C(C)C. The Morgan fingerprint density at radius 1 is 1.06 bits per heavy atom. The van der Waals surface area contributed by atoms with Crippen LogP contribution in [0, 0.1) is 29.6 Å². The molecule has 0 heterocycles. The van der Waals surface area contributed by atoms with E-state index in [4.69, 9.17) is 0 Å². The van der Waals surface area contributed by atoms with Crippen LogP contribution in [0.4, 0.5) is 0 Å². The van der Waals surface area contributed by atoms with Crippen LogP contribution in [0.5, 0.6) is 0 Å². The molecule has 104 valence electrons. The lowest BCUT2D eigenvalue weighted by molar-refractivity contribution is -0.122. The Kier molecular flexibility index (Phi) is 8.75. The monoisotopic (exact) mass is 251 g/mol. The highest BCUT2D eigenvalue weighted by atomic mass is 16.1. The Hall–Kier alpha value is -0.810. The molecular formula is C16H29NO. The minimum Gasteiger partial charge on any atom is -0.306 e. The van der Waals surface area contributed by atoms with E-state index in [9.17, 15) is 4.79 Å². The van der Waals surface area contributed by atoms with Crippen molar-refractivity contribution in [2.24, 2.45) is 17.8 Å². The average Bonchev–Trinajstić information content (AvgIpc) is 2.30. The van der Waals surface area contributed by atoms with E-state index < -0.39 is 0 Å². The lowest BCUT2D eigenvalue weighted by Crippen LogP contribution is -2.25. The molecule has 0 bridgehead atoms. The Labute approximate surface area is 113 Å². The molecule has 1 unspecified atom stereocenters. The van der Waals surface area contributed by atoms with Gasteiger partial charge in [-0.05, 0) is 20.0 Å². The zero-order chi connectivity index (χ0) is 14.1. The van der Waals surface area contributed by atoms with Gasteiger partial charge >= 0.3 is 0 Å². The van der Waals surface area contributed by atoms with Crippen molar-refractivity contribution in [2.75, 3.05) is 20.1 Å². The first-order valence-electron chi connectivity index (χ1n) is 7.05. The molecule has 0 aromatic rings. The summed E-state index contributed by atoms with van der Waals surface area (Å²) in [5, 5.41) is 0. The van der Waals surface area contributed by atoms with Crippen LogP contribution in [0.15, 0.2) is 0 Å². The van der Waals surface area contributed by atoms with E-state index in [1.807, 2.05) is 13.8 Å². The van der Waals surface area contributed by atoms with Crippen molar-refractivity contribution in [3.8, 4) is 11.8 Å². The molecule has 2 heteroatoms. The van der Waals surface area contributed by atoms with Gasteiger partial charge in [0, 0.05) is 30.7 Å². The van der Waals surface area contributed by atoms with Crippen LogP contribution in [-0.2, 0) is 4.79 Å². The third-order valence-corrected chi connectivity index (χ3v) is 2.95. The minimum atomic E-state index is 0.161. The summed E-state index contributed by atoms with van der Waals surface area (Å²) in [5.74, 6) is 7.90. The number of Topliss-reactive ketones (excluding diaryl/α,β-unsaturated/α-hetero) is 1. The van der Waals surface area contributed by atoms with Gasteiger partial charge in [-0.25, -0.2) is 0 Å². The Morgan fingerprint density at radius 3 is 2.17 bits per heavy atom. The molecular weight excluding hydrogens is 222 g/mol. The number of nitrogens with zero attached hydrogens (tertiary/aromatic N) is 1. The van der Waals surface area contributed by atoms with Gasteiger partial charge in [0.05, 0.1) is 0 Å². The summed E-state index contributed by atoms with van der Waals surface area (Å²) in [6.07, 6.45) is 1.74. The molecule has 0 aromatic heterocycles. The van der Waals surface area contributed by atoms with E-state index in [1.54, 1.807) is 0 Å². The fourth-order valence-corrected chi connectivity index (χ4v) is 1.50. The van der Waals surface area contributed by atoms with Gasteiger partial charge in [-0.2, -0.15) is 0 Å². The molecule has 0 amide bonds. The van der Waals surface area contributed by atoms with Gasteiger partial charge in [-0.1, -0.05) is 40.5 Å². The van der Waals surface area contributed by atoms with Crippen molar-refractivity contribution in [3.63, 3.8) is 0 Å². The van der Waals surface area contributed by atoms with Crippen molar-refractivity contribution < 1.29 is 4.79 Å². The Bertz CT molecular complexity index is 296. The normalized spacial score (nSPS) is 12.7. The lowest BCUT2D eigenvalue weighted by Gasteiger charge is -2.17. The molecule has 18 heavy (non-hydrogen) atoms. The van der Waals surface area contributed by atoms with Gasteiger partial charge in [0.2, 0.25) is 0 Å². The number of carbonyl (C=O) groups is 1. The molecule has 0 spiro atoms. The molecule has 0 saturated heterocycles. The minimum absolute atomic E-state index is 0.161. The number of hydrogen-bond donors (Lipinski definition) is 0. The Balaban J connectivity index is 3.81. The van der Waals surface area contributed by atoms with Gasteiger partial charge in [0.25, 0.3) is 0 Å². The zero-order valence-electron chi connectivity index (χ0n) is 12.9. The van der Waals surface area contributed by atoms with Gasteiger partial charge in [0.1, 0.15) is 5.78 Å². The number of carbonyl (C=O) groups excluding carboxylic acids is 1. The highest BCUT2D eigenvalue weighted by molar-refractivity contribution is 5.80. The van der Waals surface area contributed by atoms with Crippen molar-refractivity contribution in [3.05, 3.63) is 0 Å². The third-order valence-electron chi connectivity index (χ3n) is 2.95. The molecule has 0 aliphatic heterocycles. The maximum Gasteiger partial charge on any atom is 0.136 e. The van der Waals surface area contributed by atoms with Crippen LogP contribution in [0.25, 0.3) is 0 Å². The van der Waals surface area contributed by atoms with Crippen LogP contribution < -0.4 is 0 Å². The van der Waals surface area contributed by atoms with Crippen LogP contribution in [0.3, 0.4) is 0 Å². The summed E-state index contributed by atoms with van der Waals surface area (Å²) in [4.78, 5) is 13.7. The summed E-state index contributed by atoms with van der Waals surface area (Å²) in [7, 11) is 2.08. The van der Waals surface area contributed by atoms with Gasteiger partial charge < -0.3 is 4.90 Å². The maximum atomic E-state index is 11.5.